The fourth-order valence-electron chi connectivity index (χ4n) is 1.98. The molecule has 0 saturated carbocycles. The van der Waals surface area contributed by atoms with Gasteiger partial charge in [0.2, 0.25) is 0 Å². The molecule has 0 aliphatic heterocycles. The third-order valence-corrected chi connectivity index (χ3v) is 3.83. The van der Waals surface area contributed by atoms with Crippen LogP contribution in [0.5, 0.6) is 0 Å². The van der Waals surface area contributed by atoms with Gasteiger partial charge in [-0.1, -0.05) is 0 Å². The first-order valence-electron chi connectivity index (χ1n) is 6.90. The number of aliphatic hydroxyl groups excluding tert-OH is 1. The van der Waals surface area contributed by atoms with Crippen LogP contribution in [0.25, 0.3) is 0 Å². The summed E-state index contributed by atoms with van der Waals surface area (Å²) in [7, 11) is 1.56. The number of aryl methyl sites for hydroxylation is 1. The fourth-order valence-corrected chi connectivity index (χ4v) is 2.69. The van der Waals surface area contributed by atoms with Crippen molar-refractivity contribution in [3.05, 3.63) is 46.0 Å². The second-order valence-electron chi connectivity index (χ2n) is 4.88. The van der Waals surface area contributed by atoms with Crippen molar-refractivity contribution in [1.29, 1.82) is 0 Å². The lowest BCUT2D eigenvalue weighted by molar-refractivity contribution is 0.152. The standard InChI is InChI=1S/C15H20N2O4S/c1-10-3-4-14(21-10)12(8-20-2)17-15(19)16-7-13(18)11-5-6-22-9-11/h3-6,9,12-13,18H,7-8H2,1-2H3,(H2,16,17,19). The maximum absolute atomic E-state index is 12.0. The third kappa shape index (κ3) is 4.59. The topological polar surface area (TPSA) is 83.7 Å². The van der Waals surface area contributed by atoms with Gasteiger partial charge in [-0.25, -0.2) is 4.79 Å². The molecule has 2 amide bonds. The van der Waals surface area contributed by atoms with Gasteiger partial charge < -0.3 is 24.9 Å². The van der Waals surface area contributed by atoms with Gasteiger partial charge in [0.05, 0.1) is 12.7 Å². The van der Waals surface area contributed by atoms with Crippen molar-refractivity contribution in [1.82, 2.24) is 10.6 Å². The van der Waals surface area contributed by atoms with E-state index in [1.165, 1.54) is 11.3 Å². The maximum atomic E-state index is 12.0. The van der Waals surface area contributed by atoms with E-state index in [4.69, 9.17) is 9.15 Å². The van der Waals surface area contributed by atoms with Gasteiger partial charge in [-0.3, -0.25) is 0 Å². The van der Waals surface area contributed by atoms with Crippen LogP contribution in [0.2, 0.25) is 0 Å². The van der Waals surface area contributed by atoms with Crippen molar-refractivity contribution in [3.63, 3.8) is 0 Å². The van der Waals surface area contributed by atoms with Crippen molar-refractivity contribution in [2.75, 3.05) is 20.3 Å². The molecule has 120 valence electrons. The highest BCUT2D eigenvalue weighted by molar-refractivity contribution is 7.07. The van der Waals surface area contributed by atoms with Gasteiger partial charge in [0.25, 0.3) is 0 Å². The minimum absolute atomic E-state index is 0.138. The van der Waals surface area contributed by atoms with E-state index >= 15 is 0 Å². The van der Waals surface area contributed by atoms with E-state index in [0.717, 1.165) is 11.3 Å². The fraction of sp³-hybridized carbons (Fsp3) is 0.400. The molecule has 2 heterocycles. The van der Waals surface area contributed by atoms with Gasteiger partial charge in [-0.2, -0.15) is 11.3 Å². The quantitative estimate of drug-likeness (QED) is 0.730. The van der Waals surface area contributed by atoms with Crippen molar-refractivity contribution in [2.45, 2.75) is 19.1 Å². The van der Waals surface area contributed by atoms with Crippen LogP contribution in [0.3, 0.4) is 0 Å². The van der Waals surface area contributed by atoms with E-state index in [0.29, 0.717) is 12.4 Å². The lowest BCUT2D eigenvalue weighted by atomic mass is 10.2. The number of ether oxygens (including phenoxy) is 1. The largest absolute Gasteiger partial charge is 0.464 e. The summed E-state index contributed by atoms with van der Waals surface area (Å²) < 4.78 is 10.6. The molecule has 2 unspecified atom stereocenters. The molecule has 3 N–H and O–H groups in total. The van der Waals surface area contributed by atoms with Gasteiger partial charge in [0.15, 0.2) is 0 Å². The minimum atomic E-state index is -0.719. The number of urea groups is 1. The van der Waals surface area contributed by atoms with Crippen LogP contribution >= 0.6 is 11.3 Å². The molecule has 2 rings (SSSR count). The Kier molecular flexibility index (Phi) is 6.00. The monoisotopic (exact) mass is 324 g/mol. The molecule has 0 spiro atoms. The van der Waals surface area contributed by atoms with E-state index in [2.05, 4.69) is 10.6 Å². The second-order valence-corrected chi connectivity index (χ2v) is 5.66. The first kappa shape index (κ1) is 16.5. The Balaban J connectivity index is 1.86. The van der Waals surface area contributed by atoms with Crippen LogP contribution < -0.4 is 10.6 Å². The molecule has 6 nitrogen and oxygen atoms in total. The van der Waals surface area contributed by atoms with Gasteiger partial charge in [-0.05, 0) is 41.4 Å². The van der Waals surface area contributed by atoms with Gasteiger partial charge in [-0.15, -0.1) is 0 Å². The number of nitrogens with one attached hydrogen (secondary N) is 2. The van der Waals surface area contributed by atoms with E-state index in [1.807, 2.05) is 29.8 Å². The molecule has 0 fully saturated rings. The average Bonchev–Trinajstić information content (AvgIpc) is 3.15. The Morgan fingerprint density at radius 1 is 1.45 bits per heavy atom. The number of carbonyl (C=O) groups excluding carboxylic acids is 1. The Morgan fingerprint density at radius 2 is 2.27 bits per heavy atom. The van der Waals surface area contributed by atoms with E-state index in [-0.39, 0.29) is 18.6 Å². The molecule has 0 aliphatic rings. The zero-order valence-corrected chi connectivity index (χ0v) is 13.4. The van der Waals surface area contributed by atoms with Crippen molar-refractivity contribution < 1.29 is 19.1 Å². The maximum Gasteiger partial charge on any atom is 0.315 e. The number of furan rings is 1. The predicted molar refractivity (Wildman–Crippen MR) is 83.9 cm³/mol. The van der Waals surface area contributed by atoms with Crippen LogP contribution in [0.1, 0.15) is 29.2 Å². The molecule has 0 aromatic carbocycles. The lowest BCUT2D eigenvalue weighted by Gasteiger charge is -2.17. The number of methoxy groups -OCH3 is 1. The highest BCUT2D eigenvalue weighted by atomic mass is 32.1. The molecule has 2 aromatic heterocycles. The highest BCUT2D eigenvalue weighted by Crippen LogP contribution is 2.17. The number of thiophene rings is 1. The molecule has 2 aromatic rings. The van der Waals surface area contributed by atoms with E-state index < -0.39 is 6.10 Å². The van der Waals surface area contributed by atoms with Gasteiger partial charge in [0.1, 0.15) is 17.6 Å². The Bertz CT molecular complexity index is 582. The molecule has 0 aliphatic carbocycles. The number of rotatable bonds is 7. The van der Waals surface area contributed by atoms with E-state index in [1.54, 1.807) is 13.2 Å². The predicted octanol–water partition coefficient (Wildman–Crippen LogP) is 2.37. The summed E-state index contributed by atoms with van der Waals surface area (Å²) in [6.07, 6.45) is -0.719. The van der Waals surface area contributed by atoms with E-state index in [9.17, 15) is 9.90 Å². The second kappa shape index (κ2) is 7.98. The summed E-state index contributed by atoms with van der Waals surface area (Å²) in [6.45, 7) is 2.28. The Morgan fingerprint density at radius 3 is 2.86 bits per heavy atom. The molecule has 0 saturated heterocycles. The summed E-state index contributed by atoms with van der Waals surface area (Å²) in [5.41, 5.74) is 0.792. The molecular weight excluding hydrogens is 304 g/mol. The molecular formula is C15H20N2O4S. The summed E-state index contributed by atoms with van der Waals surface area (Å²) in [6, 6.07) is 4.70. The molecule has 7 heteroatoms. The molecule has 2 atom stereocenters. The van der Waals surface area contributed by atoms with Gasteiger partial charge >= 0.3 is 6.03 Å². The number of amides is 2. The number of aliphatic hydroxyl groups is 1. The van der Waals surface area contributed by atoms with Crippen molar-refractivity contribution >= 4 is 17.4 Å². The zero-order valence-electron chi connectivity index (χ0n) is 12.5. The first-order chi connectivity index (χ1) is 10.6. The van der Waals surface area contributed by atoms with Crippen LogP contribution in [0, 0.1) is 6.92 Å². The average molecular weight is 324 g/mol. The SMILES string of the molecule is COCC(NC(=O)NCC(O)c1ccsc1)c1ccc(C)o1. The normalized spacial score (nSPS) is 13.6. The van der Waals surface area contributed by atoms with Crippen LogP contribution in [0.4, 0.5) is 4.79 Å². The summed E-state index contributed by atoms with van der Waals surface area (Å²) in [5, 5.41) is 19.1. The zero-order chi connectivity index (χ0) is 15.9. The third-order valence-electron chi connectivity index (χ3n) is 3.13. The van der Waals surface area contributed by atoms with Gasteiger partial charge in [0, 0.05) is 13.7 Å². The van der Waals surface area contributed by atoms with Crippen molar-refractivity contribution in [2.24, 2.45) is 0 Å². The summed E-state index contributed by atoms with van der Waals surface area (Å²) >= 11 is 1.50. The van der Waals surface area contributed by atoms with Crippen LogP contribution in [0.15, 0.2) is 33.4 Å². The van der Waals surface area contributed by atoms with Crippen LogP contribution in [-0.4, -0.2) is 31.4 Å². The summed E-state index contributed by atoms with van der Waals surface area (Å²) in [4.78, 5) is 12.0. The van der Waals surface area contributed by atoms with Crippen molar-refractivity contribution in [3.8, 4) is 0 Å². The minimum Gasteiger partial charge on any atom is -0.464 e. The molecule has 0 radical (unpaired) electrons. The summed E-state index contributed by atoms with van der Waals surface area (Å²) in [5.74, 6) is 1.40. The Hall–Kier alpha value is -1.83. The van der Waals surface area contributed by atoms with Crippen LogP contribution in [-0.2, 0) is 4.74 Å². The number of carbonyl (C=O) groups is 1. The highest BCUT2D eigenvalue weighted by Gasteiger charge is 2.18. The smallest absolute Gasteiger partial charge is 0.315 e. The molecule has 22 heavy (non-hydrogen) atoms. The first-order valence-corrected chi connectivity index (χ1v) is 7.84. The lowest BCUT2D eigenvalue weighted by Crippen LogP contribution is -2.41. The Labute approximate surface area is 133 Å². The number of hydrogen-bond acceptors (Lipinski definition) is 5. The molecule has 0 bridgehead atoms. The number of hydrogen-bond donors (Lipinski definition) is 3.